The maximum absolute atomic E-state index is 11.5. The molecule has 0 aliphatic heterocycles. The van der Waals surface area contributed by atoms with Crippen LogP contribution < -0.4 is 11.2 Å². The Hall–Kier alpha value is -2.37. The summed E-state index contributed by atoms with van der Waals surface area (Å²) >= 11 is 0. The molecule has 82 valence electrons. The summed E-state index contributed by atoms with van der Waals surface area (Å²) < 4.78 is 0.925. The Balaban J connectivity index is 2.74. The minimum absolute atomic E-state index is 0.263. The van der Waals surface area contributed by atoms with Crippen molar-refractivity contribution in [2.45, 2.75) is 6.92 Å². The number of H-pyrrole nitrogens is 1. The van der Waals surface area contributed by atoms with Gasteiger partial charge in [0.1, 0.15) is 5.82 Å². The van der Waals surface area contributed by atoms with Gasteiger partial charge in [0.15, 0.2) is 0 Å². The molecule has 2 N–H and O–H groups in total. The van der Waals surface area contributed by atoms with Crippen LogP contribution in [-0.2, 0) is 0 Å². The van der Waals surface area contributed by atoms with Crippen LogP contribution in [0.5, 0.6) is 5.88 Å². The number of nitrogens with one attached hydrogen (secondary N) is 1. The lowest BCUT2D eigenvalue weighted by molar-refractivity contribution is 0.429. The number of hydrogen-bond acceptors (Lipinski definition) is 4. The van der Waals surface area contributed by atoms with E-state index in [0.717, 1.165) is 10.6 Å². The van der Waals surface area contributed by atoms with Gasteiger partial charge >= 0.3 is 5.69 Å². The zero-order valence-electron chi connectivity index (χ0n) is 8.47. The van der Waals surface area contributed by atoms with E-state index in [1.165, 1.54) is 0 Å². The van der Waals surface area contributed by atoms with E-state index in [0.29, 0.717) is 5.69 Å². The molecule has 2 aromatic heterocycles. The minimum Gasteiger partial charge on any atom is -0.494 e. The average Bonchev–Trinajstić information content (AvgIpc) is 2.15. The zero-order chi connectivity index (χ0) is 11.7. The Kier molecular flexibility index (Phi) is 2.32. The van der Waals surface area contributed by atoms with Gasteiger partial charge in [-0.3, -0.25) is 9.78 Å². The van der Waals surface area contributed by atoms with Crippen molar-refractivity contribution in [2.75, 3.05) is 0 Å². The van der Waals surface area contributed by atoms with Gasteiger partial charge < -0.3 is 5.11 Å². The fourth-order valence-corrected chi connectivity index (χ4v) is 1.36. The van der Waals surface area contributed by atoms with Crippen molar-refractivity contribution < 1.29 is 5.11 Å². The number of aromatic amines is 1. The van der Waals surface area contributed by atoms with Gasteiger partial charge in [-0.05, 0) is 19.1 Å². The smallest absolute Gasteiger partial charge is 0.337 e. The average molecular weight is 219 g/mol. The molecule has 0 radical (unpaired) electrons. The van der Waals surface area contributed by atoms with E-state index >= 15 is 0 Å². The van der Waals surface area contributed by atoms with Gasteiger partial charge in [-0.2, -0.15) is 0 Å². The molecule has 0 saturated carbocycles. The van der Waals surface area contributed by atoms with Crippen LogP contribution in [0.15, 0.2) is 33.9 Å². The van der Waals surface area contributed by atoms with Crippen molar-refractivity contribution in [3.8, 4) is 11.7 Å². The molecule has 6 nitrogen and oxygen atoms in total. The molecule has 0 bridgehead atoms. The first-order valence-electron chi connectivity index (χ1n) is 4.57. The van der Waals surface area contributed by atoms with E-state index in [1.54, 1.807) is 25.1 Å². The summed E-state index contributed by atoms with van der Waals surface area (Å²) in [4.78, 5) is 28.5. The number of aryl methyl sites for hydroxylation is 1. The molecule has 0 atom stereocenters. The Morgan fingerprint density at radius 1 is 1.38 bits per heavy atom. The summed E-state index contributed by atoms with van der Waals surface area (Å²) in [5.41, 5.74) is -0.662. The second-order valence-corrected chi connectivity index (χ2v) is 3.27. The number of aromatic hydroxyl groups is 1. The third-order valence-corrected chi connectivity index (χ3v) is 2.03. The van der Waals surface area contributed by atoms with E-state index in [1.807, 2.05) is 4.98 Å². The maximum Gasteiger partial charge on any atom is 0.337 e. The fourth-order valence-electron chi connectivity index (χ4n) is 1.36. The first kappa shape index (κ1) is 10.2. The van der Waals surface area contributed by atoms with Crippen LogP contribution in [0.1, 0.15) is 5.69 Å². The zero-order valence-corrected chi connectivity index (χ0v) is 8.47. The van der Waals surface area contributed by atoms with Crippen molar-refractivity contribution in [3.05, 3.63) is 50.8 Å². The van der Waals surface area contributed by atoms with Crippen LogP contribution in [0.4, 0.5) is 0 Å². The van der Waals surface area contributed by atoms with Crippen molar-refractivity contribution in [1.82, 2.24) is 14.5 Å². The van der Waals surface area contributed by atoms with Crippen LogP contribution in [0, 0.1) is 6.92 Å². The van der Waals surface area contributed by atoms with Gasteiger partial charge in [0.2, 0.25) is 5.88 Å². The molecule has 0 aliphatic carbocycles. The monoisotopic (exact) mass is 219 g/mol. The highest BCUT2D eigenvalue weighted by Gasteiger charge is 2.07. The maximum atomic E-state index is 11.5. The normalized spacial score (nSPS) is 10.3. The fraction of sp³-hybridized carbons (Fsp3) is 0.100. The Morgan fingerprint density at radius 2 is 2.12 bits per heavy atom. The number of aromatic nitrogens is 3. The van der Waals surface area contributed by atoms with Gasteiger partial charge in [-0.1, -0.05) is 6.07 Å². The van der Waals surface area contributed by atoms with Crippen LogP contribution in [0.25, 0.3) is 5.82 Å². The Bertz CT molecular complexity index is 642. The van der Waals surface area contributed by atoms with Crippen LogP contribution in [-0.4, -0.2) is 19.6 Å². The molecule has 0 aromatic carbocycles. The van der Waals surface area contributed by atoms with E-state index in [2.05, 4.69) is 4.98 Å². The minimum atomic E-state index is -0.719. The molecule has 2 heterocycles. The van der Waals surface area contributed by atoms with Crippen molar-refractivity contribution in [1.29, 1.82) is 0 Å². The van der Waals surface area contributed by atoms with Crippen molar-refractivity contribution >= 4 is 0 Å². The molecule has 0 aliphatic rings. The molecule has 0 spiro atoms. The van der Waals surface area contributed by atoms with Gasteiger partial charge in [-0.25, -0.2) is 14.3 Å². The van der Waals surface area contributed by atoms with Crippen LogP contribution in [0.2, 0.25) is 0 Å². The molecule has 2 rings (SSSR count). The summed E-state index contributed by atoms with van der Waals surface area (Å²) in [6, 6.07) is 5.95. The summed E-state index contributed by atoms with van der Waals surface area (Å²) in [5.74, 6) is -0.175. The molecule has 0 saturated heterocycles. The predicted molar refractivity (Wildman–Crippen MR) is 56.9 cm³/mol. The lowest BCUT2D eigenvalue weighted by Gasteiger charge is -2.06. The summed E-state index contributed by atoms with van der Waals surface area (Å²) in [5, 5.41) is 9.52. The van der Waals surface area contributed by atoms with Gasteiger partial charge in [0.25, 0.3) is 5.56 Å². The molecule has 6 heteroatoms. The van der Waals surface area contributed by atoms with Gasteiger partial charge in [0.05, 0.1) is 6.07 Å². The summed E-state index contributed by atoms with van der Waals surface area (Å²) in [7, 11) is 0. The lowest BCUT2D eigenvalue weighted by atomic mass is 10.3. The molecule has 16 heavy (non-hydrogen) atoms. The number of rotatable bonds is 1. The van der Waals surface area contributed by atoms with Gasteiger partial charge in [-0.15, -0.1) is 0 Å². The molecule has 0 unspecified atom stereocenters. The Morgan fingerprint density at radius 3 is 2.75 bits per heavy atom. The van der Waals surface area contributed by atoms with Crippen LogP contribution in [0.3, 0.4) is 0 Å². The summed E-state index contributed by atoms with van der Waals surface area (Å²) in [6.45, 7) is 1.76. The first-order valence-corrected chi connectivity index (χ1v) is 4.57. The third kappa shape index (κ3) is 1.72. The summed E-state index contributed by atoms with van der Waals surface area (Å²) in [6.07, 6.45) is 0. The van der Waals surface area contributed by atoms with Gasteiger partial charge in [0, 0.05) is 5.69 Å². The molecule has 0 amide bonds. The number of hydrogen-bond donors (Lipinski definition) is 2. The van der Waals surface area contributed by atoms with E-state index in [9.17, 15) is 14.7 Å². The second kappa shape index (κ2) is 3.65. The third-order valence-electron chi connectivity index (χ3n) is 2.03. The molecule has 0 fully saturated rings. The first-order chi connectivity index (χ1) is 7.58. The number of nitrogens with zero attached hydrogens (tertiary/aromatic N) is 2. The van der Waals surface area contributed by atoms with E-state index < -0.39 is 17.1 Å². The second-order valence-electron chi connectivity index (χ2n) is 3.27. The topological polar surface area (TPSA) is 88.0 Å². The largest absolute Gasteiger partial charge is 0.494 e. The van der Waals surface area contributed by atoms with Crippen LogP contribution >= 0.6 is 0 Å². The van der Waals surface area contributed by atoms with Crippen molar-refractivity contribution in [3.63, 3.8) is 0 Å². The quantitative estimate of drug-likeness (QED) is 0.703. The molecular weight excluding hydrogens is 210 g/mol. The SMILES string of the molecule is Cc1cccc(-n2c(O)cc(=O)[nH]c2=O)n1. The predicted octanol–water partition coefficient (Wildman–Crippen LogP) is -0.0652. The Labute approximate surface area is 89.8 Å². The van der Waals surface area contributed by atoms with Crippen molar-refractivity contribution in [2.24, 2.45) is 0 Å². The molecule has 2 aromatic rings. The van der Waals surface area contributed by atoms with E-state index in [4.69, 9.17) is 0 Å². The highest BCUT2D eigenvalue weighted by molar-refractivity contribution is 5.28. The molecular formula is C10H9N3O3. The highest BCUT2D eigenvalue weighted by Crippen LogP contribution is 2.09. The standard InChI is InChI=1S/C10H9N3O3/c1-6-3-2-4-7(11-6)13-9(15)5-8(14)12-10(13)16/h2-5,15H,1H3,(H,12,14,16). The number of pyridine rings is 1. The van der Waals surface area contributed by atoms with E-state index in [-0.39, 0.29) is 5.82 Å². The highest BCUT2D eigenvalue weighted by atomic mass is 16.3. The lowest BCUT2D eigenvalue weighted by Crippen LogP contribution is -2.28.